The highest BCUT2D eigenvalue weighted by Crippen LogP contribution is 2.30. The highest BCUT2D eigenvalue weighted by Gasteiger charge is 2.21. The number of hydrogen-bond donors (Lipinski definition) is 0. The lowest BCUT2D eigenvalue weighted by atomic mass is 10.1. The van der Waals surface area contributed by atoms with Crippen LogP contribution in [-0.4, -0.2) is 10.5 Å². The molecule has 0 saturated carbocycles. The second kappa shape index (κ2) is 3.69. The lowest BCUT2D eigenvalue weighted by Gasteiger charge is -2.04. The van der Waals surface area contributed by atoms with Gasteiger partial charge in [-0.05, 0) is 46.4 Å². The van der Waals surface area contributed by atoms with Gasteiger partial charge in [0.2, 0.25) is 0 Å². The van der Waals surface area contributed by atoms with Gasteiger partial charge < -0.3 is 4.74 Å². The van der Waals surface area contributed by atoms with Gasteiger partial charge in [0.15, 0.2) is 0 Å². The first-order valence-electron chi connectivity index (χ1n) is 3.80. The predicted octanol–water partition coefficient (Wildman–Crippen LogP) is 3.03. The summed E-state index contributed by atoms with van der Waals surface area (Å²) in [5.41, 5.74) is 1.36. The van der Waals surface area contributed by atoms with Crippen LogP contribution in [0.25, 0.3) is 0 Å². The Kier molecular flexibility index (Phi) is 2.78. The fourth-order valence-electron chi connectivity index (χ4n) is 1.38. The van der Waals surface area contributed by atoms with Gasteiger partial charge in [-0.15, -0.1) is 0 Å². The summed E-state index contributed by atoms with van der Waals surface area (Å²) in [6.45, 7) is 0. The highest BCUT2D eigenvalue weighted by molar-refractivity contribution is 14.1. The van der Waals surface area contributed by atoms with Crippen LogP contribution in [0, 0.1) is 3.57 Å². The third kappa shape index (κ3) is 1.71. The van der Waals surface area contributed by atoms with E-state index in [1.165, 1.54) is 9.13 Å². The average molecular weight is 386 g/mol. The van der Waals surface area contributed by atoms with Crippen LogP contribution in [0.2, 0.25) is 0 Å². The third-order valence-corrected chi connectivity index (χ3v) is 3.59. The quantitative estimate of drug-likeness (QED) is 0.533. The molecule has 64 valence electrons. The molecule has 1 aromatic carbocycles. The zero-order valence-corrected chi connectivity index (χ0v) is 10.7. The maximum atomic E-state index is 5.70. The second-order valence-electron chi connectivity index (χ2n) is 2.85. The van der Waals surface area contributed by atoms with Crippen LogP contribution in [-0.2, 0) is 6.42 Å². The minimum Gasteiger partial charge on any atom is -0.489 e. The van der Waals surface area contributed by atoms with E-state index in [1.54, 1.807) is 0 Å². The van der Waals surface area contributed by atoms with Crippen LogP contribution in [0.1, 0.15) is 5.56 Å². The van der Waals surface area contributed by atoms with Gasteiger partial charge in [0, 0.05) is 14.4 Å². The van der Waals surface area contributed by atoms with Crippen LogP contribution in [0.15, 0.2) is 18.2 Å². The molecular weight excluding hydrogens is 378 g/mol. The molecule has 0 spiro atoms. The van der Waals surface area contributed by atoms with Gasteiger partial charge in [-0.3, -0.25) is 0 Å². The SMILES string of the molecule is ICC1Cc2cc(I)ccc2O1. The molecule has 1 heterocycles. The summed E-state index contributed by atoms with van der Waals surface area (Å²) in [7, 11) is 0. The van der Waals surface area contributed by atoms with E-state index in [0.29, 0.717) is 6.10 Å². The van der Waals surface area contributed by atoms with Gasteiger partial charge in [-0.2, -0.15) is 0 Å². The Bertz CT molecular complexity index is 299. The molecule has 3 heteroatoms. The Morgan fingerprint density at radius 2 is 2.33 bits per heavy atom. The van der Waals surface area contributed by atoms with Gasteiger partial charge in [0.25, 0.3) is 0 Å². The zero-order chi connectivity index (χ0) is 8.55. The van der Waals surface area contributed by atoms with Crippen LogP contribution in [0.3, 0.4) is 0 Å². The van der Waals surface area contributed by atoms with Crippen molar-refractivity contribution < 1.29 is 4.74 Å². The number of benzene rings is 1. The van der Waals surface area contributed by atoms with Crippen molar-refractivity contribution in [2.45, 2.75) is 12.5 Å². The lowest BCUT2D eigenvalue weighted by molar-refractivity contribution is 0.262. The van der Waals surface area contributed by atoms with Crippen molar-refractivity contribution in [2.24, 2.45) is 0 Å². The Hall–Kier alpha value is 0.480. The molecule has 1 aliphatic heterocycles. The highest BCUT2D eigenvalue weighted by atomic mass is 127. The molecule has 1 aromatic rings. The zero-order valence-electron chi connectivity index (χ0n) is 6.39. The van der Waals surface area contributed by atoms with E-state index in [0.717, 1.165) is 16.6 Å². The van der Waals surface area contributed by atoms with Gasteiger partial charge >= 0.3 is 0 Å². The summed E-state index contributed by atoms with van der Waals surface area (Å²) in [5.74, 6) is 1.08. The van der Waals surface area contributed by atoms with E-state index in [-0.39, 0.29) is 0 Å². The molecule has 2 rings (SSSR count). The van der Waals surface area contributed by atoms with Crippen LogP contribution < -0.4 is 4.74 Å². The number of alkyl halides is 1. The maximum absolute atomic E-state index is 5.70. The molecule has 0 fully saturated rings. The molecule has 0 bridgehead atoms. The van der Waals surface area contributed by atoms with E-state index in [9.17, 15) is 0 Å². The van der Waals surface area contributed by atoms with Gasteiger partial charge in [0.1, 0.15) is 11.9 Å². The van der Waals surface area contributed by atoms with Crippen molar-refractivity contribution in [3.63, 3.8) is 0 Å². The Balaban J connectivity index is 2.30. The molecule has 0 N–H and O–H groups in total. The number of hydrogen-bond acceptors (Lipinski definition) is 1. The van der Waals surface area contributed by atoms with Crippen molar-refractivity contribution in [3.8, 4) is 5.75 Å². The van der Waals surface area contributed by atoms with Crippen molar-refractivity contribution >= 4 is 45.2 Å². The molecule has 1 atom stereocenters. The maximum Gasteiger partial charge on any atom is 0.123 e. The third-order valence-electron chi connectivity index (χ3n) is 1.94. The number of fused-ring (bicyclic) bond motifs is 1. The summed E-state index contributed by atoms with van der Waals surface area (Å²) in [6, 6.07) is 6.38. The summed E-state index contributed by atoms with van der Waals surface area (Å²) in [5, 5.41) is 0. The van der Waals surface area contributed by atoms with Crippen molar-refractivity contribution in [2.75, 3.05) is 4.43 Å². The normalized spacial score (nSPS) is 20.3. The minimum absolute atomic E-state index is 0.402. The molecule has 1 aliphatic rings. The molecule has 0 aliphatic carbocycles. The molecule has 1 nitrogen and oxygen atoms in total. The number of rotatable bonds is 1. The van der Waals surface area contributed by atoms with Gasteiger partial charge in [-0.25, -0.2) is 0 Å². The van der Waals surface area contributed by atoms with Gasteiger partial charge in [0.05, 0.1) is 0 Å². The molecule has 12 heavy (non-hydrogen) atoms. The Labute approximate surface area is 99.2 Å². The molecule has 1 unspecified atom stereocenters. The van der Waals surface area contributed by atoms with Crippen molar-refractivity contribution in [1.82, 2.24) is 0 Å². The standard InChI is InChI=1S/C9H8I2O/c10-5-8-4-6-3-7(11)1-2-9(6)12-8/h1-3,8H,4-5H2. The fraction of sp³-hybridized carbons (Fsp3) is 0.333. The second-order valence-corrected chi connectivity index (χ2v) is 4.98. The first kappa shape index (κ1) is 9.05. The monoisotopic (exact) mass is 386 g/mol. The van der Waals surface area contributed by atoms with Crippen LogP contribution in [0.4, 0.5) is 0 Å². The van der Waals surface area contributed by atoms with E-state index in [1.807, 2.05) is 0 Å². The van der Waals surface area contributed by atoms with E-state index in [2.05, 4.69) is 63.4 Å². The smallest absolute Gasteiger partial charge is 0.123 e. The predicted molar refractivity (Wildman–Crippen MR) is 66.2 cm³/mol. The van der Waals surface area contributed by atoms with Crippen LogP contribution in [0.5, 0.6) is 5.75 Å². The lowest BCUT2D eigenvalue weighted by Crippen LogP contribution is -2.13. The van der Waals surface area contributed by atoms with Crippen molar-refractivity contribution in [1.29, 1.82) is 0 Å². The largest absolute Gasteiger partial charge is 0.489 e. The molecular formula is C9H8I2O. The topological polar surface area (TPSA) is 9.23 Å². The summed E-state index contributed by atoms with van der Waals surface area (Å²) >= 11 is 4.70. The summed E-state index contributed by atoms with van der Waals surface area (Å²) in [4.78, 5) is 0. The molecule has 0 amide bonds. The Morgan fingerprint density at radius 3 is 3.08 bits per heavy atom. The number of ether oxygens (including phenoxy) is 1. The van der Waals surface area contributed by atoms with Crippen LogP contribution >= 0.6 is 45.2 Å². The minimum atomic E-state index is 0.402. The fourth-order valence-corrected chi connectivity index (χ4v) is 2.42. The number of halogens is 2. The van der Waals surface area contributed by atoms with E-state index >= 15 is 0 Å². The first-order valence-corrected chi connectivity index (χ1v) is 6.41. The molecule has 0 saturated heterocycles. The first-order chi connectivity index (χ1) is 5.79. The van der Waals surface area contributed by atoms with E-state index < -0.39 is 0 Å². The summed E-state index contributed by atoms with van der Waals surface area (Å²) in [6.07, 6.45) is 1.48. The molecule has 0 aromatic heterocycles. The van der Waals surface area contributed by atoms with E-state index in [4.69, 9.17) is 4.74 Å². The summed E-state index contributed by atoms with van der Waals surface area (Å²) < 4.78 is 8.07. The van der Waals surface area contributed by atoms with Crippen molar-refractivity contribution in [3.05, 3.63) is 27.3 Å². The average Bonchev–Trinajstić information content (AvgIpc) is 2.46. The Morgan fingerprint density at radius 1 is 1.50 bits per heavy atom. The molecule has 0 radical (unpaired) electrons. The van der Waals surface area contributed by atoms with Gasteiger partial charge in [-0.1, -0.05) is 22.6 Å².